The number of phosphoric ester groups is 1. The zero-order valence-corrected chi connectivity index (χ0v) is 7.67. The van der Waals surface area contributed by atoms with E-state index in [0.29, 0.717) is 25.7 Å². The van der Waals surface area contributed by atoms with Crippen molar-refractivity contribution in [3.8, 4) is 0 Å². The molecule has 0 amide bonds. The number of hydrogen-bond acceptors (Lipinski definition) is 4. The van der Waals surface area contributed by atoms with Gasteiger partial charge in [-0.3, -0.25) is 13.6 Å². The molecule has 11 heavy (non-hydrogen) atoms. The highest BCUT2D eigenvalue weighted by Crippen LogP contribution is 2.52. The van der Waals surface area contributed by atoms with Gasteiger partial charge in [-0.15, -0.1) is 0 Å². The van der Waals surface area contributed by atoms with Gasteiger partial charge in [0.25, 0.3) is 0 Å². The smallest absolute Gasteiger partial charge is 0.287 e. The van der Waals surface area contributed by atoms with Gasteiger partial charge in [0.1, 0.15) is 0 Å². The van der Waals surface area contributed by atoms with E-state index < -0.39 is 7.82 Å². The maximum absolute atomic E-state index is 11.3. The van der Waals surface area contributed by atoms with E-state index in [2.05, 4.69) is 0 Å². The second kappa shape index (κ2) is 3.68. The minimum absolute atomic E-state index is 0.303. The molecule has 0 radical (unpaired) electrons. The maximum atomic E-state index is 11.3. The molecule has 0 N–H and O–H groups in total. The van der Waals surface area contributed by atoms with Crippen LogP contribution in [0.2, 0.25) is 0 Å². The van der Waals surface area contributed by atoms with E-state index in [1.807, 2.05) is 6.92 Å². The third-order valence-corrected chi connectivity index (χ3v) is 2.83. The van der Waals surface area contributed by atoms with E-state index >= 15 is 0 Å². The SMILES string of the molecule is CCOP1(=O)OCC(C)CO1. The normalized spacial score (nSPS) is 38.9. The zero-order chi connectivity index (χ0) is 8.32. The average molecular weight is 180 g/mol. The molecule has 1 aliphatic rings. The summed E-state index contributed by atoms with van der Waals surface area (Å²) < 4.78 is 26.0. The molecule has 66 valence electrons. The lowest BCUT2D eigenvalue weighted by molar-refractivity contribution is 0.0471. The van der Waals surface area contributed by atoms with Crippen molar-refractivity contribution in [2.24, 2.45) is 5.92 Å². The van der Waals surface area contributed by atoms with Crippen LogP contribution in [0, 0.1) is 5.92 Å². The molecule has 0 bridgehead atoms. The fourth-order valence-corrected chi connectivity index (χ4v) is 2.17. The Morgan fingerprint density at radius 1 is 1.55 bits per heavy atom. The van der Waals surface area contributed by atoms with Crippen molar-refractivity contribution in [3.63, 3.8) is 0 Å². The lowest BCUT2D eigenvalue weighted by Crippen LogP contribution is -2.19. The molecule has 5 heteroatoms. The minimum atomic E-state index is -3.15. The Hall–Kier alpha value is 0.110. The molecule has 0 atom stereocenters. The number of phosphoric acid groups is 1. The van der Waals surface area contributed by atoms with Crippen molar-refractivity contribution in [1.82, 2.24) is 0 Å². The number of rotatable bonds is 2. The molecular weight excluding hydrogens is 167 g/mol. The van der Waals surface area contributed by atoms with Crippen LogP contribution in [0.3, 0.4) is 0 Å². The van der Waals surface area contributed by atoms with Gasteiger partial charge in [0.15, 0.2) is 0 Å². The molecule has 1 saturated heterocycles. The topological polar surface area (TPSA) is 44.8 Å². The molecule has 0 unspecified atom stereocenters. The molecule has 0 aliphatic carbocycles. The Balaban J connectivity index is 2.42. The highest BCUT2D eigenvalue weighted by Gasteiger charge is 2.31. The Kier molecular flexibility index (Phi) is 3.07. The minimum Gasteiger partial charge on any atom is -0.287 e. The fraction of sp³-hybridized carbons (Fsp3) is 1.00. The van der Waals surface area contributed by atoms with E-state index in [9.17, 15) is 4.57 Å². The quantitative estimate of drug-likeness (QED) is 0.608. The van der Waals surface area contributed by atoms with E-state index in [1.165, 1.54) is 0 Å². The van der Waals surface area contributed by atoms with Crippen molar-refractivity contribution < 1.29 is 18.1 Å². The van der Waals surface area contributed by atoms with Crippen LogP contribution in [-0.2, 0) is 18.1 Å². The van der Waals surface area contributed by atoms with Gasteiger partial charge in [0, 0.05) is 5.92 Å². The lowest BCUT2D eigenvalue weighted by Gasteiger charge is -2.25. The second-order valence-electron chi connectivity index (χ2n) is 2.56. The molecule has 0 saturated carbocycles. The van der Waals surface area contributed by atoms with Crippen LogP contribution in [0.4, 0.5) is 0 Å². The summed E-state index contributed by atoms with van der Waals surface area (Å²) in [5.41, 5.74) is 0. The van der Waals surface area contributed by atoms with Crippen molar-refractivity contribution in [3.05, 3.63) is 0 Å². The van der Waals surface area contributed by atoms with Gasteiger partial charge in [-0.25, -0.2) is 4.57 Å². The summed E-state index contributed by atoms with van der Waals surface area (Å²) in [5, 5.41) is 0. The van der Waals surface area contributed by atoms with Gasteiger partial charge in [0.2, 0.25) is 0 Å². The summed E-state index contributed by atoms with van der Waals surface area (Å²) >= 11 is 0. The zero-order valence-electron chi connectivity index (χ0n) is 6.78. The summed E-state index contributed by atoms with van der Waals surface area (Å²) in [5.74, 6) is 0.303. The van der Waals surface area contributed by atoms with Crippen LogP contribution < -0.4 is 0 Å². The molecule has 0 aromatic carbocycles. The lowest BCUT2D eigenvalue weighted by atomic mass is 10.2. The average Bonchev–Trinajstić information content (AvgIpc) is 1.97. The van der Waals surface area contributed by atoms with E-state index in [-0.39, 0.29) is 0 Å². The van der Waals surface area contributed by atoms with Crippen molar-refractivity contribution in [2.75, 3.05) is 19.8 Å². The van der Waals surface area contributed by atoms with Crippen LogP contribution in [0.1, 0.15) is 13.8 Å². The third-order valence-electron chi connectivity index (χ3n) is 1.32. The summed E-state index contributed by atoms with van der Waals surface area (Å²) in [6.07, 6.45) is 0. The van der Waals surface area contributed by atoms with Crippen LogP contribution in [-0.4, -0.2) is 19.8 Å². The highest BCUT2D eigenvalue weighted by molar-refractivity contribution is 7.48. The Morgan fingerprint density at radius 2 is 2.09 bits per heavy atom. The van der Waals surface area contributed by atoms with Crippen LogP contribution in [0.25, 0.3) is 0 Å². The summed E-state index contributed by atoms with van der Waals surface area (Å²) in [6, 6.07) is 0. The molecule has 0 spiro atoms. The van der Waals surface area contributed by atoms with Gasteiger partial charge in [-0.2, -0.15) is 0 Å². The summed E-state index contributed by atoms with van der Waals surface area (Å²) in [6.45, 7) is 4.99. The predicted octanol–water partition coefficient (Wildman–Crippen LogP) is 1.81. The molecule has 0 aromatic rings. The van der Waals surface area contributed by atoms with E-state index in [1.54, 1.807) is 6.92 Å². The molecule has 4 nitrogen and oxygen atoms in total. The van der Waals surface area contributed by atoms with Crippen LogP contribution in [0.15, 0.2) is 0 Å². The Bertz CT molecular complexity index is 158. The molecule has 1 aliphatic heterocycles. The van der Waals surface area contributed by atoms with E-state index in [0.717, 1.165) is 0 Å². The first-order chi connectivity index (χ1) is 5.16. The van der Waals surface area contributed by atoms with E-state index in [4.69, 9.17) is 13.6 Å². The standard InChI is InChI=1S/C6H13O4P/c1-3-8-11(7)9-4-6(2)5-10-11/h6H,3-5H2,1-2H3. The van der Waals surface area contributed by atoms with Gasteiger partial charge >= 0.3 is 7.82 Å². The second-order valence-corrected chi connectivity index (χ2v) is 4.23. The fourth-order valence-electron chi connectivity index (χ4n) is 0.755. The van der Waals surface area contributed by atoms with Gasteiger partial charge in [-0.05, 0) is 6.92 Å². The molecule has 1 rings (SSSR count). The Labute approximate surface area is 66.4 Å². The summed E-state index contributed by atoms with van der Waals surface area (Å²) in [4.78, 5) is 0. The first-order valence-corrected chi connectivity index (χ1v) is 5.16. The molecule has 0 aromatic heterocycles. The van der Waals surface area contributed by atoms with Crippen molar-refractivity contribution >= 4 is 7.82 Å². The highest BCUT2D eigenvalue weighted by atomic mass is 31.2. The molecule has 1 heterocycles. The van der Waals surface area contributed by atoms with Gasteiger partial charge in [0.05, 0.1) is 19.8 Å². The monoisotopic (exact) mass is 180 g/mol. The van der Waals surface area contributed by atoms with Crippen molar-refractivity contribution in [1.29, 1.82) is 0 Å². The molecular formula is C6H13O4P. The predicted molar refractivity (Wildman–Crippen MR) is 40.3 cm³/mol. The van der Waals surface area contributed by atoms with Crippen molar-refractivity contribution in [2.45, 2.75) is 13.8 Å². The molecule has 1 fully saturated rings. The summed E-state index contributed by atoms with van der Waals surface area (Å²) in [7, 11) is -3.15. The largest absolute Gasteiger partial charge is 0.474 e. The van der Waals surface area contributed by atoms with Crippen LogP contribution in [0.5, 0.6) is 0 Å². The maximum Gasteiger partial charge on any atom is 0.474 e. The van der Waals surface area contributed by atoms with Gasteiger partial charge in [-0.1, -0.05) is 6.92 Å². The third kappa shape index (κ3) is 2.56. The first-order valence-electron chi connectivity index (χ1n) is 3.70. The first kappa shape index (κ1) is 9.20. The van der Waals surface area contributed by atoms with Crippen LogP contribution >= 0.6 is 7.82 Å². The Morgan fingerprint density at radius 3 is 2.55 bits per heavy atom. The number of hydrogen-bond donors (Lipinski definition) is 0. The van der Waals surface area contributed by atoms with Gasteiger partial charge < -0.3 is 0 Å².